The largest absolute Gasteiger partial charge is 0.372 e. The minimum Gasteiger partial charge on any atom is -0.372 e. The number of aliphatic hydroxyl groups is 1. The average Bonchev–Trinajstić information content (AvgIpc) is 2.81. The lowest BCUT2D eigenvalue weighted by atomic mass is 10.1. The maximum Gasteiger partial charge on any atom is 0.148 e. The third kappa shape index (κ3) is 5.21. The number of hydrogen-bond acceptors (Lipinski definition) is 7. The molecule has 0 bridgehead atoms. The third-order valence-corrected chi connectivity index (χ3v) is 7.15. The van der Waals surface area contributed by atoms with Crippen LogP contribution in [-0.4, -0.2) is 17.9 Å². The highest BCUT2D eigenvalue weighted by Crippen LogP contribution is 2.51. The number of nitrogens with zero attached hydrogens (tertiary/aromatic N) is 3. The quantitative estimate of drug-likeness (QED) is 0.291. The molecular formula is C24H20ClN3O2S2. The van der Waals surface area contributed by atoms with Gasteiger partial charge in [0.15, 0.2) is 0 Å². The zero-order valence-electron chi connectivity index (χ0n) is 17.4. The topological polar surface area (TPSA) is 80.3 Å². The Morgan fingerprint density at radius 2 is 1.44 bits per heavy atom. The third-order valence-electron chi connectivity index (χ3n) is 4.30. The van der Waals surface area contributed by atoms with Crippen LogP contribution < -0.4 is 5.06 Å². The predicted molar refractivity (Wildman–Crippen MR) is 128 cm³/mol. The number of rotatable bonds is 8. The lowest BCUT2D eigenvalue weighted by molar-refractivity contribution is 0.0211. The molecule has 1 N–H and O–H groups in total. The van der Waals surface area contributed by atoms with Crippen LogP contribution in [0.15, 0.2) is 80.2 Å². The van der Waals surface area contributed by atoms with Gasteiger partial charge in [0.1, 0.15) is 24.1 Å². The Bertz CT molecular complexity index is 1160. The fourth-order valence-electron chi connectivity index (χ4n) is 2.98. The smallest absolute Gasteiger partial charge is 0.148 e. The number of hydroxylamine groups is 1. The van der Waals surface area contributed by atoms with Crippen molar-refractivity contribution in [2.75, 3.05) is 11.7 Å². The second kappa shape index (κ2) is 11.3. The van der Waals surface area contributed by atoms with Crippen molar-refractivity contribution < 1.29 is 9.94 Å². The van der Waals surface area contributed by atoms with Crippen LogP contribution in [0.4, 0.5) is 5.69 Å². The van der Waals surface area contributed by atoms with Crippen LogP contribution in [0.2, 0.25) is 5.02 Å². The van der Waals surface area contributed by atoms with Gasteiger partial charge in [-0.25, -0.2) is 5.06 Å². The summed E-state index contributed by atoms with van der Waals surface area (Å²) in [7, 11) is 0. The van der Waals surface area contributed by atoms with E-state index in [4.69, 9.17) is 16.4 Å². The average molecular weight is 482 g/mol. The first kappa shape index (κ1) is 24.0. The van der Waals surface area contributed by atoms with Gasteiger partial charge in [0.25, 0.3) is 0 Å². The molecule has 0 aliphatic heterocycles. The Kier molecular flexibility index (Phi) is 8.46. The zero-order valence-corrected chi connectivity index (χ0v) is 19.8. The van der Waals surface area contributed by atoms with Gasteiger partial charge in [-0.3, -0.25) is 4.84 Å². The molecule has 0 spiro atoms. The Morgan fingerprint density at radius 1 is 0.938 bits per heavy atom. The molecule has 0 amide bonds. The van der Waals surface area contributed by atoms with E-state index in [-0.39, 0.29) is 22.8 Å². The van der Waals surface area contributed by atoms with Crippen molar-refractivity contribution >= 4 is 40.8 Å². The molecule has 162 valence electrons. The van der Waals surface area contributed by atoms with E-state index in [1.165, 1.54) is 28.6 Å². The summed E-state index contributed by atoms with van der Waals surface area (Å²) in [6, 6.07) is 23.4. The normalized spacial score (nSPS) is 11.4. The van der Waals surface area contributed by atoms with E-state index in [0.29, 0.717) is 15.5 Å². The lowest BCUT2D eigenvalue weighted by Crippen LogP contribution is -2.34. The second-order valence-corrected chi connectivity index (χ2v) is 9.05. The standard InChI is InChI=1S/C24H20ClN3O2S2/c1-3-30-28(16(2)29)22-20(15-27)19(14-26)21(25)23(31-17-10-6-4-7-11-17)24(22)32-18-12-8-5-9-13-18/h4-13,16,29H,3H2,1-2H3. The highest BCUT2D eigenvalue weighted by atomic mass is 35.5. The molecule has 1 unspecified atom stereocenters. The lowest BCUT2D eigenvalue weighted by Gasteiger charge is -2.30. The van der Waals surface area contributed by atoms with Gasteiger partial charge in [0.2, 0.25) is 0 Å². The summed E-state index contributed by atoms with van der Waals surface area (Å²) in [6.45, 7) is 3.58. The van der Waals surface area contributed by atoms with Crippen molar-refractivity contribution in [2.45, 2.75) is 39.7 Å². The van der Waals surface area contributed by atoms with E-state index < -0.39 is 6.23 Å². The van der Waals surface area contributed by atoms with Crippen molar-refractivity contribution in [1.29, 1.82) is 10.5 Å². The number of halogens is 1. The van der Waals surface area contributed by atoms with Crippen LogP contribution in [0.1, 0.15) is 25.0 Å². The monoisotopic (exact) mass is 481 g/mol. The number of benzene rings is 3. The molecule has 0 aliphatic rings. The number of aliphatic hydroxyl groups excluding tert-OH is 1. The van der Waals surface area contributed by atoms with E-state index in [1.807, 2.05) is 60.7 Å². The molecule has 3 aromatic carbocycles. The van der Waals surface area contributed by atoms with Crippen molar-refractivity contribution in [1.82, 2.24) is 0 Å². The molecule has 0 aliphatic carbocycles. The Hall–Kier alpha value is -2.65. The van der Waals surface area contributed by atoms with E-state index >= 15 is 0 Å². The summed E-state index contributed by atoms with van der Waals surface area (Å²) in [5, 5.41) is 31.8. The maximum atomic E-state index is 10.5. The van der Waals surface area contributed by atoms with Crippen LogP contribution in [0.3, 0.4) is 0 Å². The summed E-state index contributed by atoms with van der Waals surface area (Å²) < 4.78 is 0. The Labute approximate surface area is 201 Å². The molecule has 32 heavy (non-hydrogen) atoms. The van der Waals surface area contributed by atoms with Gasteiger partial charge in [0, 0.05) is 14.7 Å². The molecule has 0 saturated heterocycles. The second-order valence-electron chi connectivity index (χ2n) is 6.50. The van der Waals surface area contributed by atoms with Crippen LogP contribution >= 0.6 is 35.1 Å². The summed E-state index contributed by atoms with van der Waals surface area (Å²) in [6.07, 6.45) is -1.07. The first-order valence-electron chi connectivity index (χ1n) is 9.77. The van der Waals surface area contributed by atoms with Gasteiger partial charge < -0.3 is 5.11 Å². The molecule has 0 radical (unpaired) electrons. The van der Waals surface area contributed by atoms with E-state index in [9.17, 15) is 15.6 Å². The van der Waals surface area contributed by atoms with Crippen LogP contribution in [0.5, 0.6) is 0 Å². The van der Waals surface area contributed by atoms with Crippen LogP contribution in [0.25, 0.3) is 0 Å². The van der Waals surface area contributed by atoms with Gasteiger partial charge in [-0.2, -0.15) is 10.5 Å². The van der Waals surface area contributed by atoms with Gasteiger partial charge in [-0.05, 0) is 38.1 Å². The van der Waals surface area contributed by atoms with Gasteiger partial charge in [0.05, 0.1) is 27.7 Å². The SMILES string of the molecule is CCON(c1c(C#N)c(C#N)c(Cl)c(Sc2ccccc2)c1Sc1ccccc1)C(C)O. The fraction of sp³-hybridized carbons (Fsp3) is 0.167. The van der Waals surface area contributed by atoms with Crippen molar-refractivity contribution in [3.8, 4) is 12.1 Å². The summed E-state index contributed by atoms with van der Waals surface area (Å²) in [5.41, 5.74) is 0.422. The zero-order chi connectivity index (χ0) is 23.1. The van der Waals surface area contributed by atoms with Gasteiger partial charge >= 0.3 is 0 Å². The number of nitriles is 2. The van der Waals surface area contributed by atoms with Crippen LogP contribution in [-0.2, 0) is 4.84 Å². The highest BCUT2D eigenvalue weighted by molar-refractivity contribution is 8.02. The summed E-state index contributed by atoms with van der Waals surface area (Å²) in [4.78, 5) is 8.78. The molecule has 8 heteroatoms. The molecule has 0 aromatic heterocycles. The fourth-order valence-corrected chi connectivity index (χ4v) is 5.56. The molecule has 3 aromatic rings. The van der Waals surface area contributed by atoms with Crippen molar-refractivity contribution in [2.24, 2.45) is 0 Å². The predicted octanol–water partition coefficient (Wildman–Crippen LogP) is 6.48. The van der Waals surface area contributed by atoms with Crippen molar-refractivity contribution in [3.05, 3.63) is 76.8 Å². The Balaban J connectivity index is 2.36. The molecule has 5 nitrogen and oxygen atoms in total. The van der Waals surface area contributed by atoms with E-state index in [2.05, 4.69) is 12.1 Å². The molecule has 0 fully saturated rings. The molecule has 0 heterocycles. The minimum atomic E-state index is -1.07. The van der Waals surface area contributed by atoms with Gasteiger partial charge in [-0.15, -0.1) is 0 Å². The first-order chi connectivity index (χ1) is 15.5. The van der Waals surface area contributed by atoms with E-state index in [1.54, 1.807) is 13.8 Å². The minimum absolute atomic E-state index is 0.0466. The summed E-state index contributed by atoms with van der Waals surface area (Å²) in [5.74, 6) is 0. The molecular weight excluding hydrogens is 462 g/mol. The highest BCUT2D eigenvalue weighted by Gasteiger charge is 2.30. The van der Waals surface area contributed by atoms with E-state index in [0.717, 1.165) is 9.79 Å². The van der Waals surface area contributed by atoms with Crippen LogP contribution in [0, 0.1) is 22.7 Å². The Morgan fingerprint density at radius 3 is 1.88 bits per heavy atom. The maximum absolute atomic E-state index is 10.5. The first-order valence-corrected chi connectivity index (χ1v) is 11.8. The molecule has 3 rings (SSSR count). The number of hydrogen-bond donors (Lipinski definition) is 1. The van der Waals surface area contributed by atoms with Gasteiger partial charge in [-0.1, -0.05) is 71.5 Å². The van der Waals surface area contributed by atoms with Crippen molar-refractivity contribution in [3.63, 3.8) is 0 Å². The number of anilines is 1. The molecule has 1 atom stereocenters. The summed E-state index contributed by atoms with van der Waals surface area (Å²) >= 11 is 9.51. The molecule has 0 saturated carbocycles.